The molecular weight excluding hydrogens is 374 g/mol. The number of carbonyl (C=O) groups is 1. The zero-order valence-electron chi connectivity index (χ0n) is 14.9. The lowest BCUT2D eigenvalue weighted by Crippen LogP contribution is -2.40. The van der Waals surface area contributed by atoms with E-state index in [1.807, 2.05) is 54.6 Å². The van der Waals surface area contributed by atoms with Gasteiger partial charge in [-0.25, -0.2) is 0 Å². The van der Waals surface area contributed by atoms with Gasteiger partial charge in [-0.1, -0.05) is 58.7 Å². The molecule has 0 aliphatic rings. The lowest BCUT2D eigenvalue weighted by atomic mass is 10.1. The number of aromatic nitrogens is 3. The second-order valence-electron chi connectivity index (χ2n) is 6.29. The number of fused-ring (bicyclic) bond motifs is 1. The number of carbonyl (C=O) groups excluding carboxylic acids is 1. The van der Waals surface area contributed by atoms with Crippen LogP contribution in [0, 0.1) is 0 Å². The van der Waals surface area contributed by atoms with Gasteiger partial charge in [0.05, 0.1) is 5.21 Å². The number of ketones is 1. The number of rotatable bonds is 5. The van der Waals surface area contributed by atoms with Crippen molar-refractivity contribution < 1.29 is 14.6 Å². The van der Waals surface area contributed by atoms with Gasteiger partial charge >= 0.3 is 0 Å². The minimum atomic E-state index is -0.0756. The van der Waals surface area contributed by atoms with E-state index < -0.39 is 0 Å². The Bertz CT molecular complexity index is 1170. The predicted molar refractivity (Wildman–Crippen MR) is 109 cm³/mol. The summed E-state index contributed by atoms with van der Waals surface area (Å²) >= 11 is 5.89. The average Bonchev–Trinajstić information content (AvgIpc) is 3.06. The minimum Gasteiger partial charge on any atom is -0.504 e. The van der Waals surface area contributed by atoms with Gasteiger partial charge in [0.15, 0.2) is 24.0 Å². The molecule has 3 aromatic carbocycles. The van der Waals surface area contributed by atoms with Crippen LogP contribution in [-0.4, -0.2) is 20.8 Å². The van der Waals surface area contributed by atoms with Gasteiger partial charge in [0.1, 0.15) is 0 Å². The summed E-state index contributed by atoms with van der Waals surface area (Å²) in [6.07, 6.45) is 1.54. The maximum atomic E-state index is 12.6. The highest BCUT2D eigenvalue weighted by atomic mass is 35.5. The first-order valence-electron chi connectivity index (χ1n) is 8.74. The highest BCUT2D eigenvalue weighted by molar-refractivity contribution is 6.30. The van der Waals surface area contributed by atoms with Crippen molar-refractivity contribution in [2.75, 3.05) is 0 Å². The van der Waals surface area contributed by atoms with E-state index in [0.717, 1.165) is 11.0 Å². The molecule has 0 saturated heterocycles. The van der Waals surface area contributed by atoms with Crippen LogP contribution in [0.15, 0.2) is 78.9 Å². The molecule has 0 atom stereocenters. The second-order valence-corrected chi connectivity index (χ2v) is 6.73. The van der Waals surface area contributed by atoms with E-state index in [0.29, 0.717) is 16.1 Å². The Balaban J connectivity index is 1.70. The van der Waals surface area contributed by atoms with Crippen LogP contribution in [0.25, 0.3) is 23.0 Å². The fourth-order valence-corrected chi connectivity index (χ4v) is 3.09. The quantitative estimate of drug-likeness (QED) is 0.312. The first-order valence-corrected chi connectivity index (χ1v) is 9.12. The lowest BCUT2D eigenvalue weighted by molar-refractivity contribution is -0.719. The molecule has 4 rings (SSSR count). The molecule has 5 nitrogen and oxygen atoms in total. The Morgan fingerprint density at radius 3 is 2.39 bits per heavy atom. The van der Waals surface area contributed by atoms with Crippen molar-refractivity contribution >= 4 is 40.4 Å². The van der Waals surface area contributed by atoms with Gasteiger partial charge in [0.25, 0.3) is 0 Å². The van der Waals surface area contributed by atoms with Crippen LogP contribution < -0.4 is 4.68 Å². The van der Waals surface area contributed by atoms with E-state index in [1.54, 1.807) is 39.8 Å². The fraction of sp³-hybridized carbons (Fsp3) is 0.0455. The number of nitrogens with zero attached hydrogens (tertiary/aromatic N) is 3. The maximum Gasteiger partial charge on any atom is 0.206 e. The van der Waals surface area contributed by atoms with Gasteiger partial charge in [-0.2, -0.15) is 0 Å². The molecule has 4 aromatic rings. The van der Waals surface area contributed by atoms with Crippen molar-refractivity contribution in [2.24, 2.45) is 0 Å². The summed E-state index contributed by atoms with van der Waals surface area (Å²) in [4.78, 5) is 12.6. The third-order valence-electron chi connectivity index (χ3n) is 4.38. The summed E-state index contributed by atoms with van der Waals surface area (Å²) in [6.45, 7) is 0.0785. The monoisotopic (exact) mass is 390 g/mol. The molecular formula is C22H17ClN3O2+. The first kappa shape index (κ1) is 17.9. The molecule has 28 heavy (non-hydrogen) atoms. The van der Waals surface area contributed by atoms with E-state index >= 15 is 0 Å². The number of aliphatic hydroxyl groups excluding tert-OH is 1. The number of Topliss-reactive ketones (excluding diaryl/α,β-unsaturated/α-hetero) is 1. The maximum absolute atomic E-state index is 12.6. The van der Waals surface area contributed by atoms with Gasteiger partial charge < -0.3 is 5.11 Å². The molecule has 1 heterocycles. The minimum absolute atomic E-state index is 0.0756. The number of aliphatic hydroxyl groups is 1. The molecule has 1 aromatic heterocycles. The van der Waals surface area contributed by atoms with E-state index in [9.17, 15) is 9.90 Å². The third kappa shape index (κ3) is 3.66. The van der Waals surface area contributed by atoms with Gasteiger partial charge in [-0.3, -0.25) is 4.79 Å². The summed E-state index contributed by atoms with van der Waals surface area (Å²) in [5.74, 6) is 0.0124. The zero-order chi connectivity index (χ0) is 19.5. The topological polar surface area (TPSA) is 59.0 Å². The van der Waals surface area contributed by atoms with Crippen molar-refractivity contribution in [3.63, 3.8) is 0 Å². The lowest BCUT2D eigenvalue weighted by Gasteiger charge is -1.98. The number of hydrogen-bond acceptors (Lipinski definition) is 3. The average molecular weight is 391 g/mol. The molecule has 0 aliphatic carbocycles. The van der Waals surface area contributed by atoms with Gasteiger partial charge in [-0.05, 0) is 36.4 Å². The molecule has 6 heteroatoms. The number of para-hydroxylation sites is 2. The van der Waals surface area contributed by atoms with E-state index in [-0.39, 0.29) is 18.1 Å². The van der Waals surface area contributed by atoms with Crippen molar-refractivity contribution in [1.82, 2.24) is 9.90 Å². The fourth-order valence-electron chi connectivity index (χ4n) is 2.96. The van der Waals surface area contributed by atoms with Crippen molar-refractivity contribution in [1.29, 1.82) is 0 Å². The molecule has 0 radical (unpaired) electrons. The zero-order valence-corrected chi connectivity index (χ0v) is 15.6. The number of halogens is 1. The second kappa shape index (κ2) is 7.66. The van der Waals surface area contributed by atoms with Crippen LogP contribution in [0.2, 0.25) is 5.02 Å². The molecule has 0 spiro atoms. The normalized spacial score (nSPS) is 11.7. The summed E-state index contributed by atoms with van der Waals surface area (Å²) in [5.41, 5.74) is 2.83. The predicted octanol–water partition coefficient (Wildman–Crippen LogP) is 4.37. The van der Waals surface area contributed by atoms with Crippen LogP contribution in [0.1, 0.15) is 15.9 Å². The van der Waals surface area contributed by atoms with Gasteiger partial charge in [0, 0.05) is 16.1 Å². The highest BCUT2D eigenvalue weighted by Crippen LogP contribution is 2.15. The summed E-state index contributed by atoms with van der Waals surface area (Å²) in [6, 6.07) is 23.6. The molecule has 0 saturated carbocycles. The highest BCUT2D eigenvalue weighted by Gasteiger charge is 2.20. The standard InChI is InChI=1S/C22H16ClN3O2/c23-18-12-10-17(11-13-18)22(28)15-26-20-9-5-4-8-19(20)25(24-26)14-21(27)16-6-2-1-3-7-16/h1-14H,15H2/p+1. The van der Waals surface area contributed by atoms with Crippen LogP contribution in [0.4, 0.5) is 0 Å². The smallest absolute Gasteiger partial charge is 0.206 e. The third-order valence-corrected chi connectivity index (χ3v) is 4.64. The Kier molecular flexibility index (Phi) is 4.91. The van der Waals surface area contributed by atoms with Crippen LogP contribution in [0.3, 0.4) is 0 Å². The molecule has 138 valence electrons. The Hall–Kier alpha value is -3.44. The summed E-state index contributed by atoms with van der Waals surface area (Å²) in [7, 11) is 0. The summed E-state index contributed by atoms with van der Waals surface area (Å²) < 4.78 is 3.20. The van der Waals surface area contributed by atoms with Crippen LogP contribution in [-0.2, 0) is 6.54 Å². The van der Waals surface area contributed by atoms with Crippen LogP contribution in [0.5, 0.6) is 0 Å². The molecule has 0 amide bonds. The Morgan fingerprint density at radius 1 is 0.964 bits per heavy atom. The molecule has 0 bridgehead atoms. The molecule has 0 aliphatic heterocycles. The molecule has 0 unspecified atom stereocenters. The van der Waals surface area contributed by atoms with E-state index in [4.69, 9.17) is 11.6 Å². The Morgan fingerprint density at radius 2 is 1.64 bits per heavy atom. The number of benzene rings is 3. The van der Waals surface area contributed by atoms with Gasteiger partial charge in [-0.15, -0.1) is 4.68 Å². The Labute approximate surface area is 166 Å². The number of hydrogen-bond donors (Lipinski definition) is 1. The van der Waals surface area contributed by atoms with Gasteiger partial charge in [0.2, 0.25) is 11.3 Å². The molecule has 1 N–H and O–H groups in total. The van der Waals surface area contributed by atoms with E-state index in [1.165, 1.54) is 0 Å². The SMILES string of the molecule is O=C(C[n+]1nn(/C=C(\O)c2ccccc2)c2ccccc21)c1ccc(Cl)cc1. The van der Waals surface area contributed by atoms with E-state index in [2.05, 4.69) is 5.21 Å². The van der Waals surface area contributed by atoms with Crippen LogP contribution >= 0.6 is 11.6 Å². The first-order chi connectivity index (χ1) is 13.6. The van der Waals surface area contributed by atoms with Crippen molar-refractivity contribution in [2.45, 2.75) is 6.54 Å². The largest absolute Gasteiger partial charge is 0.504 e. The molecule has 0 fully saturated rings. The summed E-state index contributed by atoms with van der Waals surface area (Å²) in [5, 5.41) is 15.5. The van der Waals surface area contributed by atoms with Crippen molar-refractivity contribution in [3.05, 3.63) is 95.0 Å². The van der Waals surface area contributed by atoms with Crippen molar-refractivity contribution in [3.8, 4) is 0 Å².